The SMILES string of the molecule is CCOc1cc2c(cc1OC)C(=C(C#N)CCCN1CCN(C)CC1)NC1CCCCC21. The number of methoxy groups -OCH3 is 1. The molecule has 2 unspecified atom stereocenters. The number of likely N-dealkylation sites (N-methyl/N-ethyl adjacent to an activating group) is 1. The summed E-state index contributed by atoms with van der Waals surface area (Å²) in [5, 5.41) is 13.9. The van der Waals surface area contributed by atoms with Gasteiger partial charge in [0.15, 0.2) is 11.5 Å². The fourth-order valence-electron chi connectivity index (χ4n) is 5.50. The van der Waals surface area contributed by atoms with Crippen molar-refractivity contribution in [3.8, 4) is 17.6 Å². The Hall–Kier alpha value is -2.23. The number of nitrogens with one attached hydrogen (secondary N) is 1. The minimum absolute atomic E-state index is 0.398. The number of hydrogen-bond acceptors (Lipinski definition) is 6. The number of piperazine rings is 1. The van der Waals surface area contributed by atoms with Gasteiger partial charge in [-0.2, -0.15) is 5.26 Å². The molecule has 3 aliphatic rings. The molecule has 1 aliphatic carbocycles. The minimum Gasteiger partial charge on any atom is -0.493 e. The summed E-state index contributed by atoms with van der Waals surface area (Å²) in [5.41, 5.74) is 4.34. The van der Waals surface area contributed by atoms with Gasteiger partial charge < -0.3 is 24.6 Å². The molecule has 4 rings (SSSR count). The van der Waals surface area contributed by atoms with Gasteiger partial charge in [-0.1, -0.05) is 12.8 Å². The van der Waals surface area contributed by atoms with Crippen molar-refractivity contribution in [1.29, 1.82) is 5.26 Å². The van der Waals surface area contributed by atoms with Crippen molar-refractivity contribution >= 4 is 5.70 Å². The number of allylic oxidation sites excluding steroid dienone is 1. The van der Waals surface area contributed by atoms with Crippen LogP contribution >= 0.6 is 0 Å². The summed E-state index contributed by atoms with van der Waals surface area (Å²) in [6, 6.07) is 7.22. The van der Waals surface area contributed by atoms with E-state index < -0.39 is 0 Å². The second-order valence-electron chi connectivity index (χ2n) is 9.38. The van der Waals surface area contributed by atoms with Crippen LogP contribution in [0.5, 0.6) is 11.5 Å². The Balaban J connectivity index is 1.61. The van der Waals surface area contributed by atoms with Crippen LogP contribution in [0.25, 0.3) is 5.70 Å². The van der Waals surface area contributed by atoms with E-state index in [1.54, 1.807) is 7.11 Å². The number of fused-ring (bicyclic) bond motifs is 3. The van der Waals surface area contributed by atoms with Crippen LogP contribution in [-0.4, -0.2) is 69.3 Å². The smallest absolute Gasteiger partial charge is 0.161 e. The van der Waals surface area contributed by atoms with Gasteiger partial charge in [-0.3, -0.25) is 0 Å². The van der Waals surface area contributed by atoms with E-state index in [-0.39, 0.29) is 0 Å². The lowest BCUT2D eigenvalue weighted by Gasteiger charge is -2.40. The van der Waals surface area contributed by atoms with Gasteiger partial charge in [0.2, 0.25) is 0 Å². The Morgan fingerprint density at radius 2 is 1.94 bits per heavy atom. The molecule has 1 aromatic rings. The third-order valence-corrected chi connectivity index (χ3v) is 7.33. The van der Waals surface area contributed by atoms with Gasteiger partial charge in [-0.15, -0.1) is 0 Å². The van der Waals surface area contributed by atoms with E-state index in [9.17, 15) is 5.26 Å². The topological polar surface area (TPSA) is 60.8 Å². The molecule has 1 saturated carbocycles. The van der Waals surface area contributed by atoms with Crippen LogP contribution in [0.15, 0.2) is 17.7 Å². The molecule has 0 amide bonds. The Morgan fingerprint density at radius 3 is 2.66 bits per heavy atom. The Morgan fingerprint density at radius 1 is 1.16 bits per heavy atom. The van der Waals surface area contributed by atoms with E-state index in [1.807, 2.05) is 6.92 Å². The molecule has 0 spiro atoms. The second-order valence-corrected chi connectivity index (χ2v) is 9.38. The number of nitrogens with zero attached hydrogens (tertiary/aromatic N) is 3. The summed E-state index contributed by atoms with van der Waals surface area (Å²) >= 11 is 0. The predicted molar refractivity (Wildman–Crippen MR) is 128 cm³/mol. The van der Waals surface area contributed by atoms with Gasteiger partial charge >= 0.3 is 0 Å². The monoisotopic (exact) mass is 438 g/mol. The van der Waals surface area contributed by atoms with Crippen LogP contribution < -0.4 is 14.8 Å². The molecule has 6 heteroatoms. The first-order valence-electron chi connectivity index (χ1n) is 12.3. The number of ether oxygens (including phenoxy) is 2. The average Bonchev–Trinajstić information content (AvgIpc) is 2.82. The third-order valence-electron chi connectivity index (χ3n) is 7.33. The zero-order chi connectivity index (χ0) is 22.5. The molecule has 2 aliphatic heterocycles. The molecule has 6 nitrogen and oxygen atoms in total. The van der Waals surface area contributed by atoms with E-state index in [1.165, 1.54) is 24.8 Å². The number of benzene rings is 1. The van der Waals surface area contributed by atoms with Crippen LogP contribution in [-0.2, 0) is 0 Å². The first-order valence-corrected chi connectivity index (χ1v) is 12.3. The standard InChI is InChI=1S/C26H38N4O2/c1-4-32-25-16-21-20-9-5-6-10-23(20)28-26(22(21)17-24(25)31-3)19(18-27)8-7-11-30-14-12-29(2)13-15-30/h16-17,20,23,28H,4-15H2,1-3H3. The lowest BCUT2D eigenvalue weighted by molar-refractivity contribution is 0.153. The zero-order valence-electron chi connectivity index (χ0n) is 20.0. The molecule has 32 heavy (non-hydrogen) atoms. The lowest BCUT2D eigenvalue weighted by Crippen LogP contribution is -2.44. The van der Waals surface area contributed by atoms with Crippen LogP contribution in [0.1, 0.15) is 62.5 Å². The maximum atomic E-state index is 10.1. The van der Waals surface area contributed by atoms with Crippen molar-refractivity contribution in [2.45, 2.75) is 57.4 Å². The van der Waals surface area contributed by atoms with Crippen molar-refractivity contribution in [3.05, 3.63) is 28.8 Å². The van der Waals surface area contributed by atoms with Gasteiger partial charge in [-0.25, -0.2) is 0 Å². The molecule has 0 aromatic heterocycles. The molecular formula is C26H38N4O2. The van der Waals surface area contributed by atoms with E-state index in [4.69, 9.17) is 9.47 Å². The van der Waals surface area contributed by atoms with Crippen LogP contribution in [0.4, 0.5) is 0 Å². The first kappa shape index (κ1) is 22.9. The molecular weight excluding hydrogens is 400 g/mol. The molecule has 1 saturated heterocycles. The quantitative estimate of drug-likeness (QED) is 0.650. The minimum atomic E-state index is 0.398. The maximum Gasteiger partial charge on any atom is 0.161 e. The van der Waals surface area contributed by atoms with Crippen LogP contribution in [0, 0.1) is 11.3 Å². The van der Waals surface area contributed by atoms with Crippen LogP contribution in [0.2, 0.25) is 0 Å². The van der Waals surface area contributed by atoms with Crippen molar-refractivity contribution in [2.24, 2.45) is 0 Å². The van der Waals surface area contributed by atoms with E-state index in [0.717, 1.165) is 80.3 Å². The van der Waals surface area contributed by atoms with Crippen LogP contribution in [0.3, 0.4) is 0 Å². The highest BCUT2D eigenvalue weighted by Crippen LogP contribution is 2.46. The summed E-state index contributed by atoms with van der Waals surface area (Å²) in [7, 11) is 3.88. The van der Waals surface area contributed by atoms with E-state index >= 15 is 0 Å². The largest absolute Gasteiger partial charge is 0.493 e. The van der Waals surface area contributed by atoms with Gasteiger partial charge in [0.05, 0.1) is 31.1 Å². The van der Waals surface area contributed by atoms with Gasteiger partial charge in [0.1, 0.15) is 0 Å². The average molecular weight is 439 g/mol. The molecule has 0 radical (unpaired) electrons. The van der Waals surface area contributed by atoms with Crippen molar-refractivity contribution in [2.75, 3.05) is 53.5 Å². The number of hydrogen-bond donors (Lipinski definition) is 1. The summed E-state index contributed by atoms with van der Waals surface area (Å²) in [6.07, 6.45) is 6.65. The molecule has 1 aromatic carbocycles. The maximum absolute atomic E-state index is 10.1. The molecule has 174 valence electrons. The summed E-state index contributed by atoms with van der Waals surface area (Å²) < 4.78 is 11.6. The first-order chi connectivity index (χ1) is 15.6. The van der Waals surface area contributed by atoms with Gasteiger partial charge in [-0.05, 0) is 63.9 Å². The highest BCUT2D eigenvalue weighted by molar-refractivity contribution is 5.77. The molecule has 0 bridgehead atoms. The van der Waals surface area contributed by atoms with Gasteiger partial charge in [0, 0.05) is 43.7 Å². The zero-order valence-corrected chi connectivity index (χ0v) is 20.0. The fraction of sp³-hybridized carbons (Fsp3) is 0.654. The third kappa shape index (κ3) is 4.89. The molecule has 2 atom stereocenters. The Bertz CT molecular complexity index is 867. The summed E-state index contributed by atoms with van der Waals surface area (Å²) in [4.78, 5) is 4.91. The van der Waals surface area contributed by atoms with Crippen molar-refractivity contribution in [3.63, 3.8) is 0 Å². The number of nitriles is 1. The predicted octanol–water partition coefficient (Wildman–Crippen LogP) is 3.99. The number of rotatable bonds is 7. The second kappa shape index (κ2) is 10.6. The Kier molecular flexibility index (Phi) is 7.59. The summed E-state index contributed by atoms with van der Waals surface area (Å²) in [5.74, 6) is 2.03. The Labute approximate surface area is 193 Å². The van der Waals surface area contributed by atoms with Gasteiger partial charge in [0.25, 0.3) is 0 Å². The van der Waals surface area contributed by atoms with Crippen molar-refractivity contribution < 1.29 is 9.47 Å². The highest BCUT2D eigenvalue weighted by Gasteiger charge is 2.35. The molecule has 2 heterocycles. The fourth-order valence-corrected chi connectivity index (χ4v) is 5.50. The molecule has 2 fully saturated rings. The van der Waals surface area contributed by atoms with E-state index in [2.05, 4.69) is 40.4 Å². The summed E-state index contributed by atoms with van der Waals surface area (Å²) in [6.45, 7) is 8.17. The highest BCUT2D eigenvalue weighted by atomic mass is 16.5. The lowest BCUT2D eigenvalue weighted by atomic mass is 9.74. The normalized spacial score (nSPS) is 25.2. The van der Waals surface area contributed by atoms with E-state index in [0.29, 0.717) is 18.6 Å². The van der Waals surface area contributed by atoms with Crippen molar-refractivity contribution in [1.82, 2.24) is 15.1 Å². The molecule has 1 N–H and O–H groups in total.